The predicted molar refractivity (Wildman–Crippen MR) is 162 cm³/mol. The van der Waals surface area contributed by atoms with Crippen LogP contribution in [0.25, 0.3) is 0 Å². The Hall–Kier alpha value is -4.03. The first-order chi connectivity index (χ1) is 20.3. The van der Waals surface area contributed by atoms with Gasteiger partial charge in [-0.25, -0.2) is 0 Å². The average Bonchev–Trinajstić information content (AvgIpc) is 3.44. The third kappa shape index (κ3) is 7.05. The van der Waals surface area contributed by atoms with Gasteiger partial charge >= 0.3 is 0 Å². The molecule has 12 heteroatoms. The normalized spacial score (nSPS) is 18.8. The molecular weight excluding hydrogens is 554 g/mol. The van der Waals surface area contributed by atoms with Gasteiger partial charge in [-0.05, 0) is 80.0 Å². The number of aromatic nitrogens is 2. The highest BCUT2D eigenvalue weighted by Gasteiger charge is 2.26. The number of benzene rings is 2. The van der Waals surface area contributed by atoms with Crippen molar-refractivity contribution in [2.75, 3.05) is 43.5 Å². The standard InChI is InChI=1S/C30H37N7O4S/c1-19-28(42-35-34-19)30(40)33-25-18-21(29(39)32-23-8-6-22(31)7-9-23)5-12-26(25)36-13-15-37(16-14-36)27(38)17-20-3-10-24(41-2)11-4-20/h3-5,10-12,18,22-23H,6-9,13-17,31H2,1-2H3,(H,32,39)(H,33,40). The fourth-order valence-electron chi connectivity index (χ4n) is 5.43. The molecule has 3 amide bonds. The number of piperazine rings is 1. The molecular formula is C30H37N7O4S. The molecule has 1 saturated carbocycles. The molecule has 5 rings (SSSR count). The van der Waals surface area contributed by atoms with Gasteiger partial charge in [-0.2, -0.15) is 0 Å². The molecule has 1 aromatic heterocycles. The van der Waals surface area contributed by atoms with E-state index in [1.165, 1.54) is 0 Å². The zero-order chi connectivity index (χ0) is 29.6. The van der Waals surface area contributed by atoms with E-state index in [0.717, 1.165) is 54.2 Å². The number of amides is 3. The van der Waals surface area contributed by atoms with E-state index in [4.69, 9.17) is 10.5 Å². The van der Waals surface area contributed by atoms with Crippen LogP contribution in [0.15, 0.2) is 42.5 Å². The van der Waals surface area contributed by atoms with Crippen LogP contribution in [0.3, 0.4) is 0 Å². The lowest BCUT2D eigenvalue weighted by Gasteiger charge is -2.37. The van der Waals surface area contributed by atoms with Crippen LogP contribution < -0.4 is 26.0 Å². The lowest BCUT2D eigenvalue weighted by atomic mass is 9.91. The summed E-state index contributed by atoms with van der Waals surface area (Å²) in [5.41, 5.74) is 9.30. The van der Waals surface area contributed by atoms with Gasteiger partial charge in [0.2, 0.25) is 5.91 Å². The highest BCUT2D eigenvalue weighted by atomic mass is 32.1. The Morgan fingerprint density at radius 3 is 2.36 bits per heavy atom. The van der Waals surface area contributed by atoms with E-state index in [1.54, 1.807) is 26.2 Å². The highest BCUT2D eigenvalue weighted by molar-refractivity contribution is 7.08. The molecule has 2 aliphatic rings. The molecule has 0 unspecified atom stereocenters. The molecule has 0 bridgehead atoms. The first-order valence-corrected chi connectivity index (χ1v) is 15.0. The molecule has 4 N–H and O–H groups in total. The summed E-state index contributed by atoms with van der Waals surface area (Å²) < 4.78 is 9.08. The Balaban J connectivity index is 1.28. The Morgan fingerprint density at radius 2 is 1.71 bits per heavy atom. The first kappa shape index (κ1) is 29.5. The van der Waals surface area contributed by atoms with Crippen LogP contribution in [0.5, 0.6) is 5.75 Å². The summed E-state index contributed by atoms with van der Waals surface area (Å²) in [5, 5.41) is 10.1. The van der Waals surface area contributed by atoms with Crippen LogP contribution in [0, 0.1) is 6.92 Å². The molecule has 2 aromatic carbocycles. The van der Waals surface area contributed by atoms with Crippen LogP contribution in [-0.4, -0.2) is 77.6 Å². The van der Waals surface area contributed by atoms with Crippen molar-refractivity contribution in [3.63, 3.8) is 0 Å². The summed E-state index contributed by atoms with van der Waals surface area (Å²) in [6, 6.07) is 13.2. The van der Waals surface area contributed by atoms with Crippen molar-refractivity contribution in [2.45, 2.75) is 51.1 Å². The molecule has 0 atom stereocenters. The Bertz CT molecular complexity index is 1410. The second kappa shape index (κ2) is 13.3. The molecule has 2 heterocycles. The van der Waals surface area contributed by atoms with E-state index >= 15 is 0 Å². The van der Waals surface area contributed by atoms with Gasteiger partial charge in [-0.1, -0.05) is 16.6 Å². The molecule has 3 aromatic rings. The lowest BCUT2D eigenvalue weighted by Crippen LogP contribution is -2.49. The van der Waals surface area contributed by atoms with Gasteiger partial charge in [-0.15, -0.1) is 5.10 Å². The van der Waals surface area contributed by atoms with Crippen molar-refractivity contribution in [1.82, 2.24) is 19.8 Å². The largest absolute Gasteiger partial charge is 0.497 e. The molecule has 222 valence electrons. The van der Waals surface area contributed by atoms with Crippen LogP contribution >= 0.6 is 11.5 Å². The third-order valence-electron chi connectivity index (χ3n) is 7.96. The van der Waals surface area contributed by atoms with Crippen LogP contribution in [-0.2, 0) is 11.2 Å². The smallest absolute Gasteiger partial charge is 0.269 e. The number of ether oxygens (including phenoxy) is 1. The van der Waals surface area contributed by atoms with E-state index < -0.39 is 0 Å². The zero-order valence-corrected chi connectivity index (χ0v) is 24.8. The van der Waals surface area contributed by atoms with E-state index in [1.807, 2.05) is 35.2 Å². The summed E-state index contributed by atoms with van der Waals surface area (Å²) in [6.07, 6.45) is 3.82. The molecule has 0 spiro atoms. The number of nitrogens with one attached hydrogen (secondary N) is 2. The third-order valence-corrected chi connectivity index (χ3v) is 8.79. The zero-order valence-electron chi connectivity index (χ0n) is 24.0. The number of nitrogens with zero attached hydrogens (tertiary/aromatic N) is 4. The Morgan fingerprint density at radius 1 is 1.00 bits per heavy atom. The number of hydrogen-bond acceptors (Lipinski definition) is 9. The molecule has 11 nitrogen and oxygen atoms in total. The summed E-state index contributed by atoms with van der Waals surface area (Å²) in [7, 11) is 1.62. The minimum Gasteiger partial charge on any atom is -0.497 e. The van der Waals surface area contributed by atoms with Gasteiger partial charge in [0.05, 0.1) is 30.6 Å². The maximum atomic E-state index is 13.2. The number of rotatable bonds is 8. The Kier molecular flexibility index (Phi) is 9.33. The highest BCUT2D eigenvalue weighted by Crippen LogP contribution is 2.30. The molecule has 2 fully saturated rings. The monoisotopic (exact) mass is 591 g/mol. The van der Waals surface area contributed by atoms with Gasteiger partial charge in [-0.3, -0.25) is 14.4 Å². The van der Waals surface area contributed by atoms with Gasteiger partial charge in [0.25, 0.3) is 11.8 Å². The topological polar surface area (TPSA) is 143 Å². The van der Waals surface area contributed by atoms with Crippen molar-refractivity contribution < 1.29 is 19.1 Å². The number of nitrogens with two attached hydrogens (primary N) is 1. The summed E-state index contributed by atoms with van der Waals surface area (Å²) in [5.74, 6) is 0.321. The van der Waals surface area contributed by atoms with E-state index in [9.17, 15) is 14.4 Å². The summed E-state index contributed by atoms with van der Waals surface area (Å²) in [6.45, 7) is 4.01. The maximum absolute atomic E-state index is 13.2. The van der Waals surface area contributed by atoms with E-state index in [-0.39, 0.29) is 29.8 Å². The van der Waals surface area contributed by atoms with Crippen LogP contribution in [0.4, 0.5) is 11.4 Å². The fraction of sp³-hybridized carbons (Fsp3) is 0.433. The quantitative estimate of drug-likeness (QED) is 0.363. The minimum atomic E-state index is -0.323. The maximum Gasteiger partial charge on any atom is 0.269 e. The fourth-order valence-corrected chi connectivity index (χ4v) is 5.98. The van der Waals surface area contributed by atoms with Crippen molar-refractivity contribution in [2.24, 2.45) is 5.73 Å². The summed E-state index contributed by atoms with van der Waals surface area (Å²) >= 11 is 1.03. The van der Waals surface area contributed by atoms with Crippen molar-refractivity contribution in [3.05, 3.63) is 64.2 Å². The second-order valence-electron chi connectivity index (χ2n) is 10.9. The lowest BCUT2D eigenvalue weighted by molar-refractivity contribution is -0.130. The molecule has 42 heavy (non-hydrogen) atoms. The Labute approximate surface area is 249 Å². The number of aryl methyl sites for hydroxylation is 1. The van der Waals surface area contributed by atoms with Crippen molar-refractivity contribution >= 4 is 40.6 Å². The average molecular weight is 592 g/mol. The minimum absolute atomic E-state index is 0.0669. The van der Waals surface area contributed by atoms with Crippen molar-refractivity contribution in [3.8, 4) is 5.75 Å². The molecule has 1 aliphatic carbocycles. The number of hydrogen-bond donors (Lipinski definition) is 3. The molecule has 1 saturated heterocycles. The predicted octanol–water partition coefficient (Wildman–Crippen LogP) is 3.00. The summed E-state index contributed by atoms with van der Waals surface area (Å²) in [4.78, 5) is 43.7. The SMILES string of the molecule is COc1ccc(CC(=O)N2CCN(c3ccc(C(=O)NC4CCC(N)CC4)cc3NC(=O)c3snnc3C)CC2)cc1. The van der Waals surface area contributed by atoms with Gasteiger partial charge in [0.1, 0.15) is 10.6 Å². The van der Waals surface area contributed by atoms with Gasteiger partial charge in [0.15, 0.2) is 0 Å². The second-order valence-corrected chi connectivity index (χ2v) is 11.6. The number of carbonyl (C=O) groups is 3. The van der Waals surface area contributed by atoms with Crippen LogP contribution in [0.2, 0.25) is 0 Å². The van der Waals surface area contributed by atoms with Crippen LogP contribution in [0.1, 0.15) is 57.0 Å². The number of carbonyl (C=O) groups excluding carboxylic acids is 3. The first-order valence-electron chi connectivity index (χ1n) is 14.3. The molecule has 0 radical (unpaired) electrons. The number of methoxy groups -OCH3 is 1. The number of anilines is 2. The van der Waals surface area contributed by atoms with E-state index in [2.05, 4.69) is 25.1 Å². The van der Waals surface area contributed by atoms with Gasteiger partial charge < -0.3 is 30.9 Å². The van der Waals surface area contributed by atoms with Gasteiger partial charge in [0, 0.05) is 43.8 Å². The van der Waals surface area contributed by atoms with Crippen molar-refractivity contribution in [1.29, 1.82) is 0 Å². The molecule has 1 aliphatic heterocycles. The van der Waals surface area contributed by atoms with E-state index in [0.29, 0.717) is 54.4 Å².